The van der Waals surface area contributed by atoms with Gasteiger partial charge in [0.1, 0.15) is 5.69 Å². The molecule has 1 saturated heterocycles. The van der Waals surface area contributed by atoms with Crippen LogP contribution in [0.25, 0.3) is 22.3 Å². The predicted molar refractivity (Wildman–Crippen MR) is 96.9 cm³/mol. The van der Waals surface area contributed by atoms with Crippen LogP contribution in [0.2, 0.25) is 0 Å². The van der Waals surface area contributed by atoms with Crippen molar-refractivity contribution in [2.75, 3.05) is 18.0 Å². The number of hydrogen-bond acceptors (Lipinski definition) is 2. The smallest absolute Gasteiger partial charge is 0.151 e. The van der Waals surface area contributed by atoms with E-state index in [2.05, 4.69) is 40.8 Å². The predicted octanol–water partition coefficient (Wildman–Crippen LogP) is 4.78. The molecule has 4 heteroatoms. The van der Waals surface area contributed by atoms with Crippen LogP contribution in [-0.4, -0.2) is 23.1 Å². The first kappa shape index (κ1) is 15.2. The topological polar surface area (TPSA) is 31.9 Å². The third kappa shape index (κ3) is 2.66. The molecular formula is C20H22FN3. The third-order valence-electron chi connectivity index (χ3n) is 4.92. The summed E-state index contributed by atoms with van der Waals surface area (Å²) in [7, 11) is 0. The van der Waals surface area contributed by atoms with Crippen LogP contribution in [0.1, 0.15) is 26.0 Å². The number of H-pyrrole nitrogens is 1. The van der Waals surface area contributed by atoms with Gasteiger partial charge < -0.3 is 9.88 Å². The fourth-order valence-electron chi connectivity index (χ4n) is 3.48. The van der Waals surface area contributed by atoms with E-state index in [1.54, 1.807) is 6.07 Å². The standard InChI is InChI=1S/C20H22FN3/c1-3-15-10-18-19(22-15)11-17(21)20(23-18)14-4-6-16(7-5-14)24-9-8-13(2)12-24/h4-7,10-11,13,22H,3,8-9,12H2,1-2H3. The first-order valence-electron chi connectivity index (χ1n) is 8.67. The van der Waals surface area contributed by atoms with Crippen molar-refractivity contribution in [1.29, 1.82) is 0 Å². The molecule has 0 aliphatic carbocycles. The number of fused-ring (bicyclic) bond motifs is 1. The van der Waals surface area contributed by atoms with E-state index < -0.39 is 0 Å². The average molecular weight is 323 g/mol. The van der Waals surface area contributed by atoms with Crippen LogP contribution in [0.4, 0.5) is 10.1 Å². The summed E-state index contributed by atoms with van der Waals surface area (Å²) >= 11 is 0. The Kier molecular flexibility index (Phi) is 3.75. The molecule has 3 aromatic rings. The van der Waals surface area contributed by atoms with Gasteiger partial charge in [-0.3, -0.25) is 0 Å². The minimum atomic E-state index is -0.283. The summed E-state index contributed by atoms with van der Waals surface area (Å²) in [6.07, 6.45) is 2.12. The molecule has 1 N–H and O–H groups in total. The summed E-state index contributed by atoms with van der Waals surface area (Å²) < 4.78 is 14.5. The summed E-state index contributed by atoms with van der Waals surface area (Å²) in [5, 5.41) is 0. The normalized spacial score (nSPS) is 17.8. The lowest BCUT2D eigenvalue weighted by Crippen LogP contribution is -2.18. The molecule has 24 heavy (non-hydrogen) atoms. The molecule has 1 unspecified atom stereocenters. The molecule has 1 fully saturated rings. The molecule has 1 aliphatic heterocycles. The highest BCUT2D eigenvalue weighted by Gasteiger charge is 2.19. The molecule has 2 aromatic heterocycles. The number of pyridine rings is 1. The van der Waals surface area contributed by atoms with Crippen LogP contribution >= 0.6 is 0 Å². The van der Waals surface area contributed by atoms with Crippen LogP contribution < -0.4 is 4.90 Å². The van der Waals surface area contributed by atoms with Gasteiger partial charge in [-0.1, -0.05) is 26.0 Å². The molecule has 0 saturated carbocycles. The fraction of sp³-hybridized carbons (Fsp3) is 0.350. The maximum atomic E-state index is 14.5. The molecule has 3 nitrogen and oxygen atoms in total. The van der Waals surface area contributed by atoms with Crippen LogP contribution in [0.3, 0.4) is 0 Å². The average Bonchev–Trinajstić information content (AvgIpc) is 3.20. The van der Waals surface area contributed by atoms with E-state index in [-0.39, 0.29) is 5.82 Å². The van der Waals surface area contributed by atoms with Gasteiger partial charge in [-0.15, -0.1) is 0 Å². The monoisotopic (exact) mass is 323 g/mol. The van der Waals surface area contributed by atoms with E-state index >= 15 is 0 Å². The molecule has 3 heterocycles. The molecule has 124 valence electrons. The third-order valence-corrected chi connectivity index (χ3v) is 4.92. The zero-order valence-electron chi connectivity index (χ0n) is 14.1. The SMILES string of the molecule is CCc1cc2nc(-c3ccc(N4CCC(C)C4)cc3)c(F)cc2[nH]1. The maximum absolute atomic E-state index is 14.5. The Hall–Kier alpha value is -2.36. The lowest BCUT2D eigenvalue weighted by Gasteiger charge is -2.18. The molecule has 1 aromatic carbocycles. The minimum absolute atomic E-state index is 0.283. The zero-order valence-corrected chi connectivity index (χ0v) is 14.1. The second kappa shape index (κ2) is 5.93. The van der Waals surface area contributed by atoms with E-state index in [9.17, 15) is 4.39 Å². The largest absolute Gasteiger partial charge is 0.371 e. The number of benzene rings is 1. The van der Waals surface area contributed by atoms with Crippen LogP contribution in [-0.2, 0) is 6.42 Å². The van der Waals surface area contributed by atoms with Crippen LogP contribution in [0.15, 0.2) is 36.4 Å². The molecule has 0 amide bonds. The number of rotatable bonds is 3. The lowest BCUT2D eigenvalue weighted by atomic mass is 10.1. The maximum Gasteiger partial charge on any atom is 0.151 e. The Morgan fingerprint density at radius 3 is 2.71 bits per heavy atom. The molecule has 0 spiro atoms. The molecule has 0 radical (unpaired) electrons. The minimum Gasteiger partial charge on any atom is -0.371 e. The summed E-state index contributed by atoms with van der Waals surface area (Å²) in [5.74, 6) is 0.460. The van der Waals surface area contributed by atoms with E-state index in [0.29, 0.717) is 5.69 Å². The number of anilines is 1. The molecular weight excluding hydrogens is 301 g/mol. The van der Waals surface area contributed by atoms with Gasteiger partial charge in [0, 0.05) is 36.1 Å². The highest BCUT2D eigenvalue weighted by molar-refractivity contribution is 5.80. The second-order valence-electron chi connectivity index (χ2n) is 6.79. The van der Waals surface area contributed by atoms with Gasteiger partial charge in [0.05, 0.1) is 11.0 Å². The van der Waals surface area contributed by atoms with Gasteiger partial charge in [0.15, 0.2) is 5.82 Å². The molecule has 1 aliphatic rings. The Balaban J connectivity index is 1.67. The van der Waals surface area contributed by atoms with Crippen molar-refractivity contribution in [3.05, 3.63) is 47.9 Å². The Morgan fingerprint density at radius 1 is 1.25 bits per heavy atom. The van der Waals surface area contributed by atoms with E-state index in [1.807, 2.05) is 18.2 Å². The van der Waals surface area contributed by atoms with Crippen molar-refractivity contribution in [2.24, 2.45) is 5.92 Å². The Bertz CT molecular complexity index is 866. The molecule has 1 atom stereocenters. The van der Waals surface area contributed by atoms with Gasteiger partial charge in [-0.05, 0) is 37.0 Å². The van der Waals surface area contributed by atoms with E-state index in [1.165, 1.54) is 12.1 Å². The Morgan fingerprint density at radius 2 is 2.04 bits per heavy atom. The summed E-state index contributed by atoms with van der Waals surface area (Å²) in [5.41, 5.74) is 5.11. The van der Waals surface area contributed by atoms with Gasteiger partial charge in [0.2, 0.25) is 0 Å². The lowest BCUT2D eigenvalue weighted by molar-refractivity contribution is 0.628. The number of aromatic nitrogens is 2. The fourth-order valence-corrected chi connectivity index (χ4v) is 3.48. The first-order valence-corrected chi connectivity index (χ1v) is 8.67. The molecule has 0 bridgehead atoms. The summed E-state index contributed by atoms with van der Waals surface area (Å²) in [4.78, 5) is 10.1. The number of aromatic amines is 1. The number of aryl methyl sites for hydroxylation is 1. The van der Waals surface area contributed by atoms with Crippen molar-refractivity contribution >= 4 is 16.7 Å². The van der Waals surface area contributed by atoms with Crippen molar-refractivity contribution in [3.8, 4) is 11.3 Å². The number of nitrogens with one attached hydrogen (secondary N) is 1. The van der Waals surface area contributed by atoms with Crippen molar-refractivity contribution < 1.29 is 4.39 Å². The summed E-state index contributed by atoms with van der Waals surface area (Å²) in [6, 6.07) is 11.7. The number of hydrogen-bond donors (Lipinski definition) is 1. The van der Waals surface area contributed by atoms with Gasteiger partial charge in [0.25, 0.3) is 0 Å². The van der Waals surface area contributed by atoms with Gasteiger partial charge in [-0.2, -0.15) is 0 Å². The second-order valence-corrected chi connectivity index (χ2v) is 6.79. The highest BCUT2D eigenvalue weighted by Crippen LogP contribution is 2.29. The first-order chi connectivity index (χ1) is 11.6. The van der Waals surface area contributed by atoms with E-state index in [4.69, 9.17) is 0 Å². The quantitative estimate of drug-likeness (QED) is 0.752. The highest BCUT2D eigenvalue weighted by atomic mass is 19.1. The van der Waals surface area contributed by atoms with Crippen LogP contribution in [0, 0.1) is 11.7 Å². The number of nitrogens with zero attached hydrogens (tertiary/aromatic N) is 2. The van der Waals surface area contributed by atoms with Crippen molar-refractivity contribution in [1.82, 2.24) is 9.97 Å². The van der Waals surface area contributed by atoms with Gasteiger partial charge >= 0.3 is 0 Å². The van der Waals surface area contributed by atoms with Crippen molar-refractivity contribution in [2.45, 2.75) is 26.7 Å². The number of halogens is 1. The Labute approximate surface area is 141 Å². The van der Waals surface area contributed by atoms with Gasteiger partial charge in [-0.25, -0.2) is 9.37 Å². The molecule has 4 rings (SSSR count). The van der Waals surface area contributed by atoms with Crippen molar-refractivity contribution in [3.63, 3.8) is 0 Å². The zero-order chi connectivity index (χ0) is 16.7. The summed E-state index contributed by atoms with van der Waals surface area (Å²) in [6.45, 7) is 6.55. The van der Waals surface area contributed by atoms with Crippen LogP contribution in [0.5, 0.6) is 0 Å². The van der Waals surface area contributed by atoms with E-state index in [0.717, 1.165) is 47.7 Å².